The number of nitriles is 1. The van der Waals surface area contributed by atoms with Gasteiger partial charge < -0.3 is 10.1 Å². The number of nitro benzene ring substituents is 1. The zero-order chi connectivity index (χ0) is 23.5. The van der Waals surface area contributed by atoms with Crippen LogP contribution in [0, 0.1) is 28.4 Å². The molecule has 32 heavy (non-hydrogen) atoms. The molecule has 0 aliphatic rings. The summed E-state index contributed by atoms with van der Waals surface area (Å²) in [5.41, 5.74) is 0.265. The van der Waals surface area contributed by atoms with Crippen LogP contribution < -0.4 is 10.1 Å². The zero-order valence-corrected chi connectivity index (χ0v) is 16.3. The van der Waals surface area contributed by atoms with Gasteiger partial charge in [0.2, 0.25) is 0 Å². The lowest BCUT2D eigenvalue weighted by atomic mass is 10.2. The second-order valence-corrected chi connectivity index (χ2v) is 6.39. The van der Waals surface area contributed by atoms with Gasteiger partial charge in [0, 0.05) is 17.8 Å². The number of amides is 1. The number of aromatic nitrogens is 3. The summed E-state index contributed by atoms with van der Waals surface area (Å²) in [7, 11) is 0. The van der Waals surface area contributed by atoms with Crippen LogP contribution in [0.25, 0.3) is 5.69 Å². The highest BCUT2D eigenvalue weighted by Gasteiger charge is 2.29. The Hall–Kier alpha value is -4.47. The van der Waals surface area contributed by atoms with Crippen LogP contribution in [0.3, 0.4) is 0 Å². The molecule has 0 spiro atoms. The van der Waals surface area contributed by atoms with Gasteiger partial charge in [0.15, 0.2) is 12.3 Å². The molecule has 1 amide bonds. The number of carbonyl (C=O) groups is 1. The van der Waals surface area contributed by atoms with Crippen LogP contribution in [0.4, 0.5) is 24.5 Å². The van der Waals surface area contributed by atoms with E-state index in [9.17, 15) is 28.1 Å². The van der Waals surface area contributed by atoms with Gasteiger partial charge in [-0.3, -0.25) is 14.9 Å². The largest absolute Gasteiger partial charge is 0.483 e. The van der Waals surface area contributed by atoms with Crippen molar-refractivity contribution in [2.45, 2.75) is 13.1 Å². The number of alkyl halides is 3. The molecule has 0 saturated carbocycles. The summed E-state index contributed by atoms with van der Waals surface area (Å²) in [4.78, 5) is 23.0. The standard InChI is InChI=1S/C19H13F3N6O4/c1-11-17(25-26-27(11)14-3-2-4-15(8-14)28(30)31)18(29)24-13-5-6-16(12(7-13)9-23)32-10-19(20,21)22/h2-8H,10H2,1H3,(H,24,29). The fourth-order valence-electron chi connectivity index (χ4n) is 2.69. The number of hydrogen-bond donors (Lipinski definition) is 1. The topological polar surface area (TPSA) is 136 Å². The molecule has 2 aromatic carbocycles. The molecule has 10 nitrogen and oxygen atoms in total. The van der Waals surface area contributed by atoms with Crippen molar-refractivity contribution in [2.24, 2.45) is 0 Å². The minimum absolute atomic E-state index is 0.0904. The molecule has 0 radical (unpaired) electrons. The molecular weight excluding hydrogens is 433 g/mol. The highest BCUT2D eigenvalue weighted by molar-refractivity contribution is 6.03. The fourth-order valence-corrected chi connectivity index (χ4v) is 2.69. The first-order valence-corrected chi connectivity index (χ1v) is 8.81. The Morgan fingerprint density at radius 2 is 2.06 bits per heavy atom. The third-order valence-electron chi connectivity index (χ3n) is 4.14. The third kappa shape index (κ3) is 4.98. The highest BCUT2D eigenvalue weighted by Crippen LogP contribution is 2.25. The maximum atomic E-state index is 12.6. The van der Waals surface area contributed by atoms with E-state index in [2.05, 4.69) is 20.4 Å². The van der Waals surface area contributed by atoms with E-state index in [4.69, 9.17) is 5.26 Å². The third-order valence-corrected chi connectivity index (χ3v) is 4.14. The Morgan fingerprint density at radius 3 is 2.72 bits per heavy atom. The molecule has 0 saturated heterocycles. The van der Waals surface area contributed by atoms with E-state index in [-0.39, 0.29) is 34.1 Å². The first-order chi connectivity index (χ1) is 15.1. The minimum atomic E-state index is -4.57. The van der Waals surface area contributed by atoms with Gasteiger partial charge in [0.25, 0.3) is 11.6 Å². The summed E-state index contributed by atoms with van der Waals surface area (Å²) in [6, 6.07) is 10.8. The molecule has 0 bridgehead atoms. The van der Waals surface area contributed by atoms with Crippen LogP contribution in [-0.4, -0.2) is 38.6 Å². The smallest absolute Gasteiger partial charge is 0.422 e. The number of anilines is 1. The van der Waals surface area contributed by atoms with E-state index in [1.54, 1.807) is 12.1 Å². The number of ether oxygens (including phenoxy) is 1. The average Bonchev–Trinajstić information content (AvgIpc) is 3.13. The Morgan fingerprint density at radius 1 is 1.31 bits per heavy atom. The summed E-state index contributed by atoms with van der Waals surface area (Å²) in [6.07, 6.45) is -4.57. The van der Waals surface area contributed by atoms with Gasteiger partial charge in [0.1, 0.15) is 11.8 Å². The van der Waals surface area contributed by atoms with Gasteiger partial charge in [-0.1, -0.05) is 11.3 Å². The fraction of sp³-hybridized carbons (Fsp3) is 0.158. The monoisotopic (exact) mass is 446 g/mol. The lowest BCUT2D eigenvalue weighted by Crippen LogP contribution is -2.19. The van der Waals surface area contributed by atoms with Gasteiger partial charge in [-0.05, 0) is 31.2 Å². The molecule has 0 fully saturated rings. The highest BCUT2D eigenvalue weighted by atomic mass is 19.4. The van der Waals surface area contributed by atoms with Crippen LogP contribution >= 0.6 is 0 Å². The second-order valence-electron chi connectivity index (χ2n) is 6.39. The van der Waals surface area contributed by atoms with Crippen molar-refractivity contribution < 1.29 is 27.6 Å². The lowest BCUT2D eigenvalue weighted by molar-refractivity contribution is -0.384. The maximum Gasteiger partial charge on any atom is 0.422 e. The van der Waals surface area contributed by atoms with Crippen LogP contribution in [-0.2, 0) is 0 Å². The summed E-state index contributed by atoms with van der Waals surface area (Å²) in [6.45, 7) is -0.0319. The lowest BCUT2D eigenvalue weighted by Gasteiger charge is -2.11. The van der Waals surface area contributed by atoms with E-state index in [1.807, 2.05) is 0 Å². The number of benzene rings is 2. The molecule has 1 N–H and O–H groups in total. The molecule has 1 aromatic heterocycles. The van der Waals surface area contributed by atoms with Gasteiger partial charge >= 0.3 is 6.18 Å². The van der Waals surface area contributed by atoms with Gasteiger partial charge in [-0.2, -0.15) is 18.4 Å². The number of non-ortho nitro benzene ring substituents is 1. The molecule has 1 heterocycles. The van der Waals surface area contributed by atoms with Crippen molar-refractivity contribution in [3.63, 3.8) is 0 Å². The second kappa shape index (κ2) is 8.72. The van der Waals surface area contributed by atoms with Crippen molar-refractivity contribution in [1.29, 1.82) is 5.26 Å². The van der Waals surface area contributed by atoms with E-state index >= 15 is 0 Å². The summed E-state index contributed by atoms with van der Waals surface area (Å²) in [5, 5.41) is 30.2. The normalized spacial score (nSPS) is 11.0. The quantitative estimate of drug-likeness (QED) is 0.452. The number of nitrogens with zero attached hydrogens (tertiary/aromatic N) is 5. The van der Waals surface area contributed by atoms with Crippen LogP contribution in [0.2, 0.25) is 0 Å². The van der Waals surface area contributed by atoms with E-state index < -0.39 is 23.6 Å². The summed E-state index contributed by atoms with van der Waals surface area (Å²) < 4.78 is 42.8. The molecule has 0 atom stereocenters. The minimum Gasteiger partial charge on any atom is -0.483 e. The Balaban J connectivity index is 1.80. The van der Waals surface area contributed by atoms with E-state index in [0.717, 1.165) is 12.1 Å². The maximum absolute atomic E-state index is 12.6. The van der Waals surface area contributed by atoms with E-state index in [0.29, 0.717) is 5.69 Å². The molecule has 164 valence electrons. The molecule has 13 heteroatoms. The molecule has 0 aliphatic heterocycles. The number of nitro groups is 1. The van der Waals surface area contributed by atoms with E-state index in [1.165, 1.54) is 35.9 Å². The first kappa shape index (κ1) is 22.2. The predicted octanol–water partition coefficient (Wildman–Crippen LogP) is 3.55. The number of hydrogen-bond acceptors (Lipinski definition) is 7. The Labute approximate surface area is 178 Å². The number of nitrogens with one attached hydrogen (secondary N) is 1. The number of rotatable bonds is 6. The molecule has 3 aromatic rings. The van der Waals surface area contributed by atoms with Crippen LogP contribution in [0.1, 0.15) is 21.7 Å². The van der Waals surface area contributed by atoms with Crippen LogP contribution in [0.5, 0.6) is 5.75 Å². The SMILES string of the molecule is Cc1c(C(=O)Nc2ccc(OCC(F)(F)F)c(C#N)c2)nnn1-c1cccc([N+](=O)[O-])c1. The molecule has 0 unspecified atom stereocenters. The molecular formula is C19H13F3N6O4. The molecule has 0 aliphatic carbocycles. The van der Waals surface area contributed by atoms with Crippen molar-refractivity contribution in [3.05, 3.63) is 69.5 Å². The van der Waals surface area contributed by atoms with Crippen LogP contribution in [0.15, 0.2) is 42.5 Å². The van der Waals surface area contributed by atoms with Crippen molar-refractivity contribution in [1.82, 2.24) is 15.0 Å². The predicted molar refractivity (Wildman–Crippen MR) is 103 cm³/mol. The Kier molecular flexibility index (Phi) is 6.06. The van der Waals surface area contributed by atoms with Gasteiger partial charge in [-0.25, -0.2) is 4.68 Å². The van der Waals surface area contributed by atoms with Crippen molar-refractivity contribution >= 4 is 17.3 Å². The van der Waals surface area contributed by atoms with Crippen molar-refractivity contribution in [3.8, 4) is 17.5 Å². The number of carbonyl (C=O) groups excluding carboxylic acids is 1. The average molecular weight is 446 g/mol. The Bertz CT molecular complexity index is 1230. The summed E-state index contributed by atoms with van der Waals surface area (Å²) >= 11 is 0. The summed E-state index contributed by atoms with van der Waals surface area (Å²) in [5.74, 6) is -0.984. The van der Waals surface area contributed by atoms with Gasteiger partial charge in [0.05, 0.1) is 21.9 Å². The van der Waals surface area contributed by atoms with Gasteiger partial charge in [-0.15, -0.1) is 5.10 Å². The first-order valence-electron chi connectivity index (χ1n) is 8.81. The zero-order valence-electron chi connectivity index (χ0n) is 16.3. The van der Waals surface area contributed by atoms with Crippen molar-refractivity contribution in [2.75, 3.05) is 11.9 Å². The number of halogens is 3. The molecule has 3 rings (SSSR count).